The largest absolute Gasteiger partial charge is 0.501 e. The van der Waals surface area contributed by atoms with Gasteiger partial charge in [0.1, 0.15) is 6.04 Å². The smallest absolute Gasteiger partial charge is 0.250 e. The van der Waals surface area contributed by atoms with Crippen molar-refractivity contribution in [3.8, 4) is 6.07 Å². The summed E-state index contributed by atoms with van der Waals surface area (Å²) in [6.07, 6.45) is 3.11. The molecule has 2 aliphatic heterocycles. The van der Waals surface area contributed by atoms with Gasteiger partial charge in [-0.25, -0.2) is 8.78 Å². The van der Waals surface area contributed by atoms with Gasteiger partial charge >= 0.3 is 0 Å². The number of piperidine rings is 1. The summed E-state index contributed by atoms with van der Waals surface area (Å²) >= 11 is 0. The third kappa shape index (κ3) is 2.33. The van der Waals surface area contributed by atoms with E-state index in [1.807, 2.05) is 11.0 Å². The topological polar surface area (TPSA) is 36.3 Å². The van der Waals surface area contributed by atoms with Crippen molar-refractivity contribution in [1.82, 2.24) is 4.90 Å². The van der Waals surface area contributed by atoms with E-state index < -0.39 is 5.92 Å². The maximum atomic E-state index is 13.0. The Morgan fingerprint density at radius 2 is 2.12 bits per heavy atom. The Bertz CT molecular complexity index is 314. The van der Waals surface area contributed by atoms with Gasteiger partial charge in [-0.15, -0.1) is 0 Å². The van der Waals surface area contributed by atoms with E-state index in [2.05, 4.69) is 6.07 Å². The van der Waals surface area contributed by atoms with Crippen molar-refractivity contribution in [3.63, 3.8) is 0 Å². The lowest BCUT2D eigenvalue weighted by Gasteiger charge is -2.35. The van der Waals surface area contributed by atoms with Crippen molar-refractivity contribution in [2.75, 3.05) is 19.7 Å². The number of rotatable bonds is 2. The molecule has 1 fully saturated rings. The molecule has 3 nitrogen and oxygen atoms in total. The molecule has 2 atom stereocenters. The predicted molar refractivity (Wildman–Crippen MR) is 53.7 cm³/mol. The molecule has 2 unspecified atom stereocenters. The van der Waals surface area contributed by atoms with Crippen LogP contribution in [0.4, 0.5) is 8.78 Å². The van der Waals surface area contributed by atoms with Crippen molar-refractivity contribution in [2.24, 2.45) is 5.92 Å². The maximum Gasteiger partial charge on any atom is 0.250 e. The van der Waals surface area contributed by atoms with Crippen LogP contribution in [0, 0.1) is 17.2 Å². The maximum absolute atomic E-state index is 13.0. The molecule has 2 rings (SSSR count). The third-order valence-electron chi connectivity index (χ3n) is 3.17. The predicted octanol–water partition coefficient (Wildman–Crippen LogP) is 1.77. The first kappa shape index (κ1) is 11.3. The van der Waals surface area contributed by atoms with Crippen LogP contribution < -0.4 is 0 Å². The van der Waals surface area contributed by atoms with Gasteiger partial charge in [-0.05, 0) is 6.08 Å². The Morgan fingerprint density at radius 1 is 1.44 bits per heavy atom. The third-order valence-corrected chi connectivity index (χ3v) is 3.17. The summed E-state index contributed by atoms with van der Waals surface area (Å²) in [5.74, 6) is -2.55. The fraction of sp³-hybridized carbons (Fsp3) is 0.727. The van der Waals surface area contributed by atoms with Crippen molar-refractivity contribution >= 4 is 0 Å². The van der Waals surface area contributed by atoms with Gasteiger partial charge < -0.3 is 4.74 Å². The monoisotopic (exact) mass is 228 g/mol. The van der Waals surface area contributed by atoms with Gasteiger partial charge in [0.05, 0.1) is 18.9 Å². The van der Waals surface area contributed by atoms with Crippen LogP contribution in [0.1, 0.15) is 12.8 Å². The highest BCUT2D eigenvalue weighted by atomic mass is 19.3. The van der Waals surface area contributed by atoms with Gasteiger partial charge in [0.25, 0.3) is 5.92 Å². The minimum Gasteiger partial charge on any atom is -0.501 e. The van der Waals surface area contributed by atoms with Gasteiger partial charge in [-0.2, -0.15) is 5.26 Å². The van der Waals surface area contributed by atoms with Crippen LogP contribution in [0.5, 0.6) is 0 Å². The number of ether oxygens (including phenoxy) is 1. The number of likely N-dealkylation sites (tertiary alicyclic amines) is 1. The van der Waals surface area contributed by atoms with Gasteiger partial charge in [0.15, 0.2) is 0 Å². The SMILES string of the molecule is N#CC(C1C=COC1)N1CCC(F)(F)CC1. The molecule has 0 saturated carbocycles. The Kier molecular flexibility index (Phi) is 3.10. The van der Waals surface area contributed by atoms with Crippen LogP contribution in [0.25, 0.3) is 0 Å². The second-order valence-electron chi connectivity index (χ2n) is 4.29. The van der Waals surface area contributed by atoms with Gasteiger partial charge in [0.2, 0.25) is 0 Å². The summed E-state index contributed by atoms with van der Waals surface area (Å²) in [7, 11) is 0. The molecule has 2 aliphatic rings. The lowest BCUT2D eigenvalue weighted by atomic mass is 9.97. The van der Waals surface area contributed by atoms with Crippen LogP contribution in [-0.4, -0.2) is 36.6 Å². The van der Waals surface area contributed by atoms with E-state index in [9.17, 15) is 8.78 Å². The minimum atomic E-state index is -2.56. The van der Waals surface area contributed by atoms with Gasteiger partial charge in [0, 0.05) is 31.8 Å². The summed E-state index contributed by atoms with van der Waals surface area (Å²) < 4.78 is 31.0. The number of halogens is 2. The Hall–Kier alpha value is -1.15. The Labute approximate surface area is 93.3 Å². The second-order valence-corrected chi connectivity index (χ2v) is 4.29. The molecule has 0 aromatic rings. The molecule has 0 amide bonds. The highest BCUT2D eigenvalue weighted by molar-refractivity contribution is 5.06. The summed E-state index contributed by atoms with van der Waals surface area (Å²) in [4.78, 5) is 1.83. The van der Waals surface area contributed by atoms with Crippen molar-refractivity contribution < 1.29 is 13.5 Å². The van der Waals surface area contributed by atoms with E-state index in [0.29, 0.717) is 6.61 Å². The van der Waals surface area contributed by atoms with E-state index in [0.717, 1.165) is 0 Å². The molecule has 0 aliphatic carbocycles. The van der Waals surface area contributed by atoms with Crippen molar-refractivity contribution in [1.29, 1.82) is 5.26 Å². The fourth-order valence-electron chi connectivity index (χ4n) is 2.15. The molecular formula is C11H14F2N2O. The lowest BCUT2D eigenvalue weighted by Crippen LogP contribution is -2.47. The van der Waals surface area contributed by atoms with Crippen LogP contribution in [-0.2, 0) is 4.74 Å². The minimum absolute atomic E-state index is 0.0109. The van der Waals surface area contributed by atoms with Crippen molar-refractivity contribution in [2.45, 2.75) is 24.8 Å². The molecule has 0 aromatic carbocycles. The van der Waals surface area contributed by atoms with Crippen LogP contribution in [0.2, 0.25) is 0 Å². The number of hydrogen-bond acceptors (Lipinski definition) is 3. The zero-order valence-corrected chi connectivity index (χ0v) is 8.90. The average molecular weight is 228 g/mol. The molecule has 1 saturated heterocycles. The average Bonchev–Trinajstić information content (AvgIpc) is 2.75. The number of alkyl halides is 2. The normalized spacial score (nSPS) is 30.7. The highest BCUT2D eigenvalue weighted by Crippen LogP contribution is 2.30. The fourth-order valence-corrected chi connectivity index (χ4v) is 2.15. The quantitative estimate of drug-likeness (QED) is 0.722. The summed E-state index contributed by atoms with van der Waals surface area (Å²) in [5.41, 5.74) is 0. The first-order chi connectivity index (χ1) is 7.62. The standard InChI is InChI=1S/C11H14F2N2O/c12-11(13)2-4-15(5-3-11)10(7-14)9-1-6-16-8-9/h1,6,9-10H,2-5,8H2. The number of nitrogens with zero attached hydrogens (tertiary/aromatic N) is 2. The number of nitriles is 1. The molecule has 0 radical (unpaired) electrons. The first-order valence-electron chi connectivity index (χ1n) is 5.42. The Morgan fingerprint density at radius 3 is 2.62 bits per heavy atom. The van der Waals surface area contributed by atoms with E-state index in [1.165, 1.54) is 0 Å². The molecule has 0 spiro atoms. The zero-order valence-electron chi connectivity index (χ0n) is 8.90. The highest BCUT2D eigenvalue weighted by Gasteiger charge is 2.38. The molecule has 2 heterocycles. The number of hydrogen-bond donors (Lipinski definition) is 0. The zero-order chi connectivity index (χ0) is 11.6. The molecule has 16 heavy (non-hydrogen) atoms. The van der Waals surface area contributed by atoms with E-state index in [-0.39, 0.29) is 37.9 Å². The lowest BCUT2D eigenvalue weighted by molar-refractivity contribution is -0.0621. The Balaban J connectivity index is 1.96. The van der Waals surface area contributed by atoms with Crippen molar-refractivity contribution in [3.05, 3.63) is 12.3 Å². The van der Waals surface area contributed by atoms with E-state index >= 15 is 0 Å². The van der Waals surface area contributed by atoms with Crippen LogP contribution in [0.3, 0.4) is 0 Å². The van der Waals surface area contributed by atoms with Crippen LogP contribution >= 0.6 is 0 Å². The molecular weight excluding hydrogens is 214 g/mol. The van der Waals surface area contributed by atoms with Crippen LogP contribution in [0.15, 0.2) is 12.3 Å². The van der Waals surface area contributed by atoms with E-state index in [1.54, 1.807) is 6.26 Å². The van der Waals surface area contributed by atoms with E-state index in [4.69, 9.17) is 10.00 Å². The molecule has 5 heteroatoms. The molecule has 0 aromatic heterocycles. The molecule has 0 bridgehead atoms. The van der Waals surface area contributed by atoms with Gasteiger partial charge in [-0.3, -0.25) is 4.90 Å². The first-order valence-corrected chi connectivity index (χ1v) is 5.42. The summed E-state index contributed by atoms with van der Waals surface area (Å²) in [5, 5.41) is 9.10. The molecule has 0 N–H and O–H groups in total. The summed E-state index contributed by atoms with van der Waals surface area (Å²) in [6, 6.07) is 1.85. The summed E-state index contributed by atoms with van der Waals surface area (Å²) in [6.45, 7) is 1.05. The van der Waals surface area contributed by atoms with Gasteiger partial charge in [-0.1, -0.05) is 0 Å². The second kappa shape index (κ2) is 4.38. The molecule has 88 valence electrons.